The van der Waals surface area contributed by atoms with Crippen molar-refractivity contribution < 1.29 is 9.90 Å². The fourth-order valence-corrected chi connectivity index (χ4v) is 2.12. The average molecular weight is 234 g/mol. The average Bonchev–Trinajstić information content (AvgIpc) is 2.61. The first kappa shape index (κ1) is 12.1. The fraction of sp³-hybridized carbons (Fsp3) is 0.462. The molecule has 2 rings (SSSR count). The number of nitrogens with zero attached hydrogens (tertiary/aromatic N) is 1. The quantitative estimate of drug-likeness (QED) is 0.722. The minimum Gasteiger partial charge on any atom is -0.395 e. The van der Waals surface area contributed by atoms with Crippen molar-refractivity contribution in [2.75, 3.05) is 31.6 Å². The number of rotatable bonds is 5. The fourth-order valence-electron chi connectivity index (χ4n) is 2.12. The maximum absolute atomic E-state index is 11.5. The number of hydrogen-bond acceptors (Lipinski definition) is 3. The van der Waals surface area contributed by atoms with Crippen molar-refractivity contribution in [3.8, 4) is 0 Å². The van der Waals surface area contributed by atoms with Gasteiger partial charge in [-0.3, -0.25) is 4.79 Å². The molecule has 0 bridgehead atoms. The molecule has 0 aliphatic carbocycles. The molecule has 2 N–H and O–H groups in total. The predicted molar refractivity (Wildman–Crippen MR) is 67.2 cm³/mol. The van der Waals surface area contributed by atoms with Gasteiger partial charge in [0.1, 0.15) is 0 Å². The van der Waals surface area contributed by atoms with Gasteiger partial charge in [0, 0.05) is 19.3 Å². The smallest absolute Gasteiger partial charge is 0.231 e. The Morgan fingerprint density at radius 1 is 1.41 bits per heavy atom. The molecule has 0 spiro atoms. The summed E-state index contributed by atoms with van der Waals surface area (Å²) in [6.45, 7) is 1.65. The van der Waals surface area contributed by atoms with Crippen LogP contribution in [0, 0.1) is 0 Å². The summed E-state index contributed by atoms with van der Waals surface area (Å²) in [4.78, 5) is 13.2. The number of amides is 1. The number of anilines is 1. The lowest BCUT2D eigenvalue weighted by Gasteiger charge is -2.10. The van der Waals surface area contributed by atoms with E-state index in [2.05, 4.69) is 17.4 Å². The molecule has 0 aromatic heterocycles. The first-order valence-corrected chi connectivity index (χ1v) is 5.92. The number of carbonyl (C=O) groups excluding carboxylic acids is 1. The van der Waals surface area contributed by atoms with E-state index in [9.17, 15) is 4.79 Å². The van der Waals surface area contributed by atoms with Crippen LogP contribution in [0.15, 0.2) is 18.2 Å². The van der Waals surface area contributed by atoms with Gasteiger partial charge >= 0.3 is 0 Å². The van der Waals surface area contributed by atoms with Crippen LogP contribution in [0.25, 0.3) is 0 Å². The van der Waals surface area contributed by atoms with Gasteiger partial charge in [-0.15, -0.1) is 0 Å². The van der Waals surface area contributed by atoms with E-state index < -0.39 is 0 Å². The maximum atomic E-state index is 11.5. The van der Waals surface area contributed by atoms with E-state index in [1.807, 2.05) is 13.1 Å². The molecule has 0 fully saturated rings. The van der Waals surface area contributed by atoms with Crippen LogP contribution in [-0.4, -0.2) is 37.8 Å². The van der Waals surface area contributed by atoms with E-state index in [4.69, 9.17) is 5.11 Å². The Hall–Kier alpha value is -1.39. The lowest BCUT2D eigenvalue weighted by molar-refractivity contribution is -0.117. The lowest BCUT2D eigenvalue weighted by atomic mass is 10.1. The number of aliphatic hydroxyl groups is 1. The zero-order chi connectivity index (χ0) is 12.3. The molecule has 0 radical (unpaired) electrons. The van der Waals surface area contributed by atoms with Crippen molar-refractivity contribution in [3.05, 3.63) is 29.3 Å². The third-order valence-corrected chi connectivity index (χ3v) is 3.10. The first-order valence-electron chi connectivity index (χ1n) is 5.92. The number of aliphatic hydroxyl groups excluding tert-OH is 1. The molecule has 17 heavy (non-hydrogen) atoms. The highest BCUT2D eigenvalue weighted by molar-refractivity contribution is 6.00. The van der Waals surface area contributed by atoms with E-state index in [1.54, 1.807) is 4.90 Å². The number of fused-ring (bicyclic) bond motifs is 1. The molecule has 1 aliphatic rings. The summed E-state index contributed by atoms with van der Waals surface area (Å²) in [6, 6.07) is 6.19. The predicted octanol–water partition coefficient (Wildman–Crippen LogP) is 0.330. The third kappa shape index (κ3) is 2.65. The van der Waals surface area contributed by atoms with Crippen LogP contribution in [0.3, 0.4) is 0 Å². The molecule has 1 amide bonds. The summed E-state index contributed by atoms with van der Waals surface area (Å²) in [5.74, 6) is 0.163. The Balaban J connectivity index is 1.98. The van der Waals surface area contributed by atoms with Gasteiger partial charge in [0.2, 0.25) is 5.91 Å². The molecular weight excluding hydrogens is 216 g/mol. The highest BCUT2D eigenvalue weighted by Gasteiger charge is 2.23. The second-order valence-corrected chi connectivity index (χ2v) is 4.32. The summed E-state index contributed by atoms with van der Waals surface area (Å²) in [7, 11) is 1.82. The topological polar surface area (TPSA) is 52.6 Å². The van der Waals surface area contributed by atoms with Crippen LogP contribution in [0.1, 0.15) is 11.1 Å². The molecular formula is C13H18N2O2. The van der Waals surface area contributed by atoms with Gasteiger partial charge in [0.15, 0.2) is 0 Å². The van der Waals surface area contributed by atoms with Gasteiger partial charge in [-0.05, 0) is 30.2 Å². The van der Waals surface area contributed by atoms with Gasteiger partial charge in [-0.2, -0.15) is 0 Å². The van der Waals surface area contributed by atoms with Crippen LogP contribution in [0.2, 0.25) is 0 Å². The summed E-state index contributed by atoms with van der Waals surface area (Å²) >= 11 is 0. The molecule has 92 valence electrons. The maximum Gasteiger partial charge on any atom is 0.231 e. The highest BCUT2D eigenvalue weighted by atomic mass is 16.3. The number of nitrogens with one attached hydrogen (secondary N) is 1. The van der Waals surface area contributed by atoms with Gasteiger partial charge in [0.25, 0.3) is 0 Å². The number of hydrogen-bond donors (Lipinski definition) is 2. The first-order chi connectivity index (χ1) is 8.22. The molecule has 0 unspecified atom stereocenters. The van der Waals surface area contributed by atoms with Gasteiger partial charge < -0.3 is 15.3 Å². The van der Waals surface area contributed by atoms with E-state index in [-0.39, 0.29) is 12.5 Å². The van der Waals surface area contributed by atoms with E-state index in [0.29, 0.717) is 13.0 Å². The van der Waals surface area contributed by atoms with Crippen LogP contribution in [0.5, 0.6) is 0 Å². The van der Waals surface area contributed by atoms with Crippen molar-refractivity contribution in [2.24, 2.45) is 0 Å². The second kappa shape index (κ2) is 5.29. The summed E-state index contributed by atoms with van der Waals surface area (Å²) < 4.78 is 0. The van der Waals surface area contributed by atoms with Crippen molar-refractivity contribution in [1.29, 1.82) is 0 Å². The summed E-state index contributed by atoms with van der Waals surface area (Å²) in [6.07, 6.45) is 1.44. The third-order valence-electron chi connectivity index (χ3n) is 3.10. The van der Waals surface area contributed by atoms with Crippen LogP contribution >= 0.6 is 0 Å². The van der Waals surface area contributed by atoms with E-state index in [1.165, 1.54) is 5.56 Å². The molecule has 1 aromatic rings. The zero-order valence-corrected chi connectivity index (χ0v) is 10.1. The van der Waals surface area contributed by atoms with Crippen LogP contribution in [0.4, 0.5) is 5.69 Å². The number of benzene rings is 1. The monoisotopic (exact) mass is 234 g/mol. The van der Waals surface area contributed by atoms with Gasteiger partial charge in [-0.25, -0.2) is 0 Å². The molecule has 1 aromatic carbocycles. The molecule has 0 saturated heterocycles. The Morgan fingerprint density at radius 3 is 3.00 bits per heavy atom. The Bertz CT molecular complexity index is 418. The Morgan fingerprint density at radius 2 is 2.24 bits per heavy atom. The number of carbonyl (C=O) groups is 1. The molecule has 1 heterocycles. The normalized spacial score (nSPS) is 14.2. The molecule has 0 atom stereocenters. The highest BCUT2D eigenvalue weighted by Crippen LogP contribution is 2.28. The minimum absolute atomic E-state index is 0.163. The number of likely N-dealkylation sites (N-methyl/N-ethyl adjacent to an activating group) is 1. The van der Waals surface area contributed by atoms with Crippen molar-refractivity contribution in [1.82, 2.24) is 5.32 Å². The van der Waals surface area contributed by atoms with Crippen LogP contribution in [-0.2, 0) is 17.6 Å². The minimum atomic E-state index is 0.163. The van der Waals surface area contributed by atoms with Gasteiger partial charge in [0.05, 0.1) is 13.0 Å². The second-order valence-electron chi connectivity index (χ2n) is 4.32. The van der Waals surface area contributed by atoms with Crippen molar-refractivity contribution in [2.45, 2.75) is 12.8 Å². The summed E-state index contributed by atoms with van der Waals surface area (Å²) in [5, 5.41) is 11.8. The molecule has 4 heteroatoms. The molecule has 0 saturated carbocycles. The zero-order valence-electron chi connectivity index (χ0n) is 10.1. The molecule has 1 aliphatic heterocycles. The van der Waals surface area contributed by atoms with Crippen molar-refractivity contribution >= 4 is 11.6 Å². The summed E-state index contributed by atoms with van der Waals surface area (Å²) in [5.41, 5.74) is 3.39. The van der Waals surface area contributed by atoms with Gasteiger partial charge in [-0.1, -0.05) is 12.1 Å². The van der Waals surface area contributed by atoms with E-state index in [0.717, 1.165) is 24.2 Å². The SMILES string of the molecule is CN1C(=O)Cc2cc(CCNCCO)ccc21. The van der Waals surface area contributed by atoms with Crippen LogP contribution < -0.4 is 10.2 Å². The largest absolute Gasteiger partial charge is 0.395 e. The lowest BCUT2D eigenvalue weighted by Crippen LogP contribution is -2.21. The molecule has 4 nitrogen and oxygen atoms in total. The standard InChI is InChI=1S/C13H18N2O2/c1-15-12-3-2-10(4-5-14-6-7-16)8-11(12)9-13(15)17/h2-3,8,14,16H,4-7,9H2,1H3. The van der Waals surface area contributed by atoms with E-state index >= 15 is 0 Å². The van der Waals surface area contributed by atoms with Crippen molar-refractivity contribution in [3.63, 3.8) is 0 Å². The Labute approximate surface area is 101 Å². The Kier molecular flexibility index (Phi) is 3.76.